The molecule has 5 aromatic heterocycles. The fourth-order valence-electron chi connectivity index (χ4n) is 21.3. The summed E-state index contributed by atoms with van der Waals surface area (Å²) in [6.45, 7) is 26.5. The molecular formula is C116H124F4N4O2S5. The van der Waals surface area contributed by atoms with Gasteiger partial charge in [0, 0.05) is 64.6 Å². The number of nitrogens with zero attached hydrogens (tertiary/aromatic N) is 4. The van der Waals surface area contributed by atoms with Crippen molar-refractivity contribution in [2.45, 2.75) is 323 Å². The van der Waals surface area contributed by atoms with Gasteiger partial charge < -0.3 is 0 Å². The minimum atomic E-state index is -1.19. The van der Waals surface area contributed by atoms with Crippen LogP contribution in [0.15, 0.2) is 132 Å². The number of aryl methyl sites for hydroxylation is 8. The largest absolute Gasteiger partial charge is 0.289 e. The number of nitriles is 3. The SMILES string of the molecule is [C-]#[N+]/C(C#N)=C1/C(=C/c2cc3sc4c(c3s2)C(c2cc(CCCCCC)cc(CCCCCC)c2)(c2cc(CCCCCC)cc(CCCCCC)c2)c2c-4sc3c4c(sc23)-c2sc(/C=C3\C(=O)c5cc(F)c(F)cc5C3=C(C#N)C#N)cc2C4(c2cc(CCCCCC)cc(CCCCCC)c2)c2cc(CCCCCC)cc(CCCCCC)c2)C(=O)c2cc(F)c(F)cc21. The van der Waals surface area contributed by atoms with Gasteiger partial charge in [0.1, 0.15) is 17.7 Å². The maximum Gasteiger partial charge on any atom is 0.270 e. The normalized spacial score (nSPS) is 14.8. The van der Waals surface area contributed by atoms with E-state index in [4.69, 9.17) is 6.57 Å². The third-order valence-electron chi connectivity index (χ3n) is 27.8. The van der Waals surface area contributed by atoms with Crippen molar-refractivity contribution in [3.05, 3.63) is 287 Å². The number of hydrogen-bond acceptors (Lipinski definition) is 10. The van der Waals surface area contributed by atoms with Gasteiger partial charge in [0.15, 0.2) is 34.8 Å². The van der Waals surface area contributed by atoms with E-state index in [1.54, 1.807) is 46.2 Å². The molecule has 0 saturated carbocycles. The predicted octanol–water partition coefficient (Wildman–Crippen LogP) is 35.1. The highest BCUT2D eigenvalue weighted by Gasteiger charge is 2.57. The van der Waals surface area contributed by atoms with Crippen molar-refractivity contribution in [1.29, 1.82) is 15.8 Å². The van der Waals surface area contributed by atoms with Crippen LogP contribution >= 0.6 is 56.7 Å². The number of Topliss-reactive ketones (excluding diaryl/α,β-unsaturated/α-hetero) is 2. The van der Waals surface area contributed by atoms with Crippen molar-refractivity contribution in [2.24, 2.45) is 0 Å². The number of thiophene rings is 5. The molecular weight excluding hydrogens is 1720 g/mol. The van der Waals surface area contributed by atoms with Gasteiger partial charge in [-0.2, -0.15) is 10.5 Å². The average molecular weight is 1840 g/mol. The number of carbonyl (C=O) groups is 2. The summed E-state index contributed by atoms with van der Waals surface area (Å²) in [4.78, 5) is 40.1. The molecule has 15 heteroatoms. The van der Waals surface area contributed by atoms with Gasteiger partial charge in [0.05, 0.1) is 57.1 Å². The van der Waals surface area contributed by atoms with Gasteiger partial charge >= 0.3 is 0 Å². The lowest BCUT2D eigenvalue weighted by molar-refractivity contribution is 0.103. The third-order valence-corrected chi connectivity index (χ3v) is 34.1. The summed E-state index contributed by atoms with van der Waals surface area (Å²) in [6.07, 6.45) is 45.9. The summed E-state index contributed by atoms with van der Waals surface area (Å²) in [6, 6.07) is 45.0. The van der Waals surface area contributed by atoms with E-state index < -0.39 is 45.7 Å². The standard InChI is InChI=1S/C116H124F4N4O2S5/c1-10-18-26-34-42-73-50-74(43-35-27-19-11-2)55-82(54-73)115(83-56-75(44-36-28-20-12-3)51-76(57-83)45-37-29-21-13-4)94-64-86(62-92-101(81(70-121)71-122)88-66-95(117)97(119)68-90(88)106(92)125)127-108(94)110-104(115)112-114(130-110)105-113(131-112)111-103(109-100(129-111)65-87(128-109)63-93-102(99(72-123)124-9)89-67-96(118)98(120)69-91(89)107(93)126)116(105,84-58-77(46-38-30-22-14-5)52-78(59-84)47-39-31-23-15-6)85-60-79(48-40-32-24-16-7)53-80(61-85)49-41-33-25-17-8/h50-69H,10-49H2,1-8H3/b92-62-,93-63-,102-99+. The molecule has 0 fully saturated rings. The number of allylic oxidation sites excluding steroid dienone is 6. The summed E-state index contributed by atoms with van der Waals surface area (Å²) >= 11 is 8.82. The molecule has 131 heavy (non-hydrogen) atoms. The van der Waals surface area contributed by atoms with Crippen molar-refractivity contribution >= 4 is 110 Å². The van der Waals surface area contributed by atoms with Crippen LogP contribution in [0.1, 0.15) is 391 Å². The molecule has 0 atom stereocenters. The number of ketones is 2. The monoisotopic (exact) mass is 1840 g/mol. The van der Waals surface area contributed by atoms with Gasteiger partial charge in [0.25, 0.3) is 5.70 Å². The van der Waals surface area contributed by atoms with Crippen molar-refractivity contribution in [3.8, 4) is 37.7 Å². The fraction of sp³-hybridized carbons (Fsp3) is 0.431. The minimum Gasteiger partial charge on any atom is -0.289 e. The van der Waals surface area contributed by atoms with E-state index in [0.29, 0.717) is 9.75 Å². The second-order valence-corrected chi connectivity index (χ2v) is 42.5. The molecule has 0 saturated heterocycles. The van der Waals surface area contributed by atoms with E-state index >= 15 is 27.2 Å². The van der Waals surface area contributed by atoms with Crippen molar-refractivity contribution in [1.82, 2.24) is 0 Å². The lowest BCUT2D eigenvalue weighted by Gasteiger charge is -2.35. The number of fused-ring (bicyclic) bond motifs is 13. The molecule has 0 bridgehead atoms. The van der Waals surface area contributed by atoms with Gasteiger partial charge in [-0.05, 0) is 235 Å². The number of halogens is 4. The molecule has 678 valence electrons. The molecule has 15 rings (SSSR count). The van der Waals surface area contributed by atoms with Crippen LogP contribution < -0.4 is 0 Å². The Labute approximate surface area is 795 Å². The molecule has 0 amide bonds. The van der Waals surface area contributed by atoms with Crippen molar-refractivity contribution in [2.75, 3.05) is 0 Å². The van der Waals surface area contributed by atoms with Crippen LogP contribution in [0.25, 0.3) is 66.5 Å². The number of carbonyl (C=O) groups excluding carboxylic acids is 2. The van der Waals surface area contributed by atoms with Crippen molar-refractivity contribution < 1.29 is 27.2 Å². The van der Waals surface area contributed by atoms with Crippen LogP contribution in [0.4, 0.5) is 17.6 Å². The Morgan fingerprint density at radius 3 is 0.962 bits per heavy atom. The molecule has 11 aromatic rings. The second kappa shape index (κ2) is 44.0. The Kier molecular flexibility index (Phi) is 32.2. The second-order valence-electron chi connectivity index (χ2n) is 37.3. The Morgan fingerprint density at radius 2 is 0.626 bits per heavy atom. The van der Waals surface area contributed by atoms with Gasteiger partial charge in [0.2, 0.25) is 0 Å². The molecule has 0 spiro atoms. The first-order valence-corrected chi connectivity index (χ1v) is 53.4. The number of benzene rings is 6. The zero-order chi connectivity index (χ0) is 92.0. The smallest absolute Gasteiger partial charge is 0.270 e. The first-order chi connectivity index (χ1) is 63.9. The number of hydrogen-bond donors (Lipinski definition) is 0. The highest BCUT2D eigenvalue weighted by atomic mass is 32.1. The Morgan fingerprint density at radius 1 is 0.328 bits per heavy atom. The highest BCUT2D eigenvalue weighted by Crippen LogP contribution is 2.72. The Bertz CT molecular complexity index is 6130. The molecule has 0 unspecified atom stereocenters. The van der Waals surface area contributed by atoms with E-state index in [2.05, 4.69) is 157 Å². The molecule has 4 aliphatic carbocycles. The first-order valence-electron chi connectivity index (χ1n) is 49.4. The van der Waals surface area contributed by atoms with E-state index in [1.165, 1.54) is 103 Å². The average Bonchev–Trinajstić information content (AvgIpc) is 1.48. The van der Waals surface area contributed by atoms with Crippen LogP contribution in [-0.2, 0) is 62.2 Å². The van der Waals surface area contributed by atoms with E-state index in [-0.39, 0.29) is 55.8 Å². The quantitative estimate of drug-likeness (QED) is 0.0124. The summed E-state index contributed by atoms with van der Waals surface area (Å²) in [5.41, 5.74) is 17.2. The van der Waals surface area contributed by atoms with E-state index in [9.17, 15) is 15.8 Å². The Hall–Kier alpha value is -9.68. The van der Waals surface area contributed by atoms with Gasteiger partial charge in [-0.1, -0.05) is 282 Å². The fourth-order valence-corrected chi connectivity index (χ4v) is 28.5. The molecule has 4 aliphatic rings. The third kappa shape index (κ3) is 19.4. The molecule has 6 aromatic carbocycles. The predicted molar refractivity (Wildman–Crippen MR) is 543 cm³/mol. The van der Waals surface area contributed by atoms with Gasteiger partial charge in [-0.3, -0.25) is 9.59 Å². The summed E-state index contributed by atoms with van der Waals surface area (Å²) in [5.74, 6) is -5.92. The summed E-state index contributed by atoms with van der Waals surface area (Å²) < 4.78 is 67.1. The summed E-state index contributed by atoms with van der Waals surface area (Å²) in [7, 11) is 0. The summed E-state index contributed by atoms with van der Waals surface area (Å²) in [5, 5.41) is 32.4. The van der Waals surface area contributed by atoms with Gasteiger partial charge in [-0.25, -0.2) is 27.7 Å². The number of rotatable bonds is 46. The zero-order valence-corrected chi connectivity index (χ0v) is 82.1. The maximum atomic E-state index is 15.8. The molecule has 0 N–H and O–H groups in total. The van der Waals surface area contributed by atoms with Crippen LogP contribution in [0.5, 0.6) is 0 Å². The van der Waals surface area contributed by atoms with Crippen LogP contribution in [-0.4, -0.2) is 11.6 Å². The molecule has 5 heterocycles. The molecule has 0 radical (unpaired) electrons. The van der Waals surface area contributed by atoms with Crippen LogP contribution in [0, 0.1) is 63.8 Å². The lowest BCUT2D eigenvalue weighted by atomic mass is 9.65. The minimum absolute atomic E-state index is 0.00491. The highest BCUT2D eigenvalue weighted by molar-refractivity contribution is 7.36. The number of unbranched alkanes of at least 4 members (excludes halogenated alkanes) is 24. The topological polar surface area (TPSA) is 110 Å². The van der Waals surface area contributed by atoms with E-state index in [0.717, 1.165) is 306 Å². The van der Waals surface area contributed by atoms with Crippen LogP contribution in [0.3, 0.4) is 0 Å². The first kappa shape index (κ1) is 95.9. The molecule has 6 nitrogen and oxygen atoms in total. The lowest BCUT2D eigenvalue weighted by Crippen LogP contribution is -2.30. The van der Waals surface area contributed by atoms with E-state index in [1.807, 2.05) is 28.7 Å². The maximum absolute atomic E-state index is 15.8. The van der Waals surface area contributed by atoms with Gasteiger partial charge in [-0.15, -0.1) is 56.7 Å². The Balaban J connectivity index is 1.12. The zero-order valence-electron chi connectivity index (χ0n) is 78.0. The van der Waals surface area contributed by atoms with Crippen LogP contribution in [0.2, 0.25) is 0 Å². The van der Waals surface area contributed by atoms with Crippen molar-refractivity contribution in [3.63, 3.8) is 0 Å². The molecule has 0 aliphatic heterocycles.